The molecule has 2 N–H and O–H groups in total. The van der Waals surface area contributed by atoms with E-state index in [2.05, 4.69) is 10.6 Å². The van der Waals surface area contributed by atoms with Crippen molar-refractivity contribution < 1.29 is 22.7 Å². The fraction of sp³-hybridized carbons (Fsp3) is 0.619. The van der Waals surface area contributed by atoms with Gasteiger partial charge in [0.2, 0.25) is 21.8 Å². The topological polar surface area (TPSA) is 105 Å². The van der Waals surface area contributed by atoms with Gasteiger partial charge in [-0.2, -0.15) is 4.31 Å². The molecular weight excluding hydrogens is 406 g/mol. The molecule has 30 heavy (non-hydrogen) atoms. The third-order valence-corrected chi connectivity index (χ3v) is 7.76. The number of likely N-dealkylation sites (N-methyl/N-ethyl adjacent to an activating group) is 1. The molecule has 0 bridgehead atoms. The van der Waals surface area contributed by atoms with E-state index in [1.54, 1.807) is 18.2 Å². The van der Waals surface area contributed by atoms with E-state index in [1.165, 1.54) is 23.5 Å². The van der Waals surface area contributed by atoms with Crippen LogP contribution in [-0.2, 0) is 24.3 Å². The minimum atomic E-state index is -3.83. The summed E-state index contributed by atoms with van der Waals surface area (Å²) >= 11 is 0. The first kappa shape index (κ1) is 22.7. The third-order valence-electron chi connectivity index (χ3n) is 5.89. The number of nitrogens with one attached hydrogen (secondary N) is 2. The molecule has 3 rings (SSSR count). The predicted octanol–water partition coefficient (Wildman–Crippen LogP) is 1.13. The predicted molar refractivity (Wildman–Crippen MR) is 112 cm³/mol. The van der Waals surface area contributed by atoms with Gasteiger partial charge in [0.15, 0.2) is 0 Å². The van der Waals surface area contributed by atoms with Crippen molar-refractivity contribution in [1.82, 2.24) is 14.9 Å². The number of carbonyl (C=O) groups excluding carboxylic acids is 2. The number of carbonyl (C=O) groups is 2. The van der Waals surface area contributed by atoms with Crippen LogP contribution < -0.4 is 10.6 Å². The monoisotopic (exact) mass is 437 g/mol. The molecular formula is C21H31N3O5S. The van der Waals surface area contributed by atoms with E-state index in [-0.39, 0.29) is 35.3 Å². The van der Waals surface area contributed by atoms with Gasteiger partial charge in [0.25, 0.3) is 0 Å². The quantitative estimate of drug-likeness (QED) is 0.564. The van der Waals surface area contributed by atoms with Crippen molar-refractivity contribution >= 4 is 21.8 Å². The SMILES string of the molecule is CNC(=O)[C@@H]1C[C@@]2(C[C@@H]2C(=O)NCCCOC(C)C)CN1S(=O)(=O)c1ccccc1. The van der Waals surface area contributed by atoms with Gasteiger partial charge in [0, 0.05) is 32.7 Å². The van der Waals surface area contributed by atoms with Crippen LogP contribution >= 0.6 is 0 Å². The van der Waals surface area contributed by atoms with Crippen LogP contribution in [0.25, 0.3) is 0 Å². The average molecular weight is 438 g/mol. The number of hydrogen-bond acceptors (Lipinski definition) is 5. The second-order valence-corrected chi connectivity index (χ2v) is 10.3. The Balaban J connectivity index is 1.67. The lowest BCUT2D eigenvalue weighted by Gasteiger charge is -2.22. The highest BCUT2D eigenvalue weighted by Gasteiger charge is 2.65. The Morgan fingerprint density at radius 1 is 1.20 bits per heavy atom. The number of sulfonamides is 1. The van der Waals surface area contributed by atoms with Crippen molar-refractivity contribution in [2.24, 2.45) is 11.3 Å². The summed E-state index contributed by atoms with van der Waals surface area (Å²) in [5, 5.41) is 5.49. The van der Waals surface area contributed by atoms with Crippen LogP contribution in [0.3, 0.4) is 0 Å². The van der Waals surface area contributed by atoms with Crippen molar-refractivity contribution in [3.63, 3.8) is 0 Å². The van der Waals surface area contributed by atoms with Crippen LogP contribution in [0, 0.1) is 11.3 Å². The average Bonchev–Trinajstić information content (AvgIpc) is 3.28. The molecule has 1 spiro atoms. The molecule has 9 heteroatoms. The summed E-state index contributed by atoms with van der Waals surface area (Å²) in [6.07, 6.45) is 1.83. The Labute approximate surface area is 178 Å². The molecule has 0 unspecified atom stereocenters. The van der Waals surface area contributed by atoms with Crippen molar-refractivity contribution in [3.8, 4) is 0 Å². The molecule has 3 atom stereocenters. The second-order valence-electron chi connectivity index (χ2n) is 8.38. The molecule has 1 aliphatic heterocycles. The van der Waals surface area contributed by atoms with E-state index in [1.807, 2.05) is 13.8 Å². The number of hydrogen-bond donors (Lipinski definition) is 2. The Morgan fingerprint density at radius 3 is 2.53 bits per heavy atom. The maximum atomic E-state index is 13.2. The van der Waals surface area contributed by atoms with Crippen LogP contribution in [0.15, 0.2) is 35.2 Å². The van der Waals surface area contributed by atoms with Gasteiger partial charge >= 0.3 is 0 Å². The lowest BCUT2D eigenvalue weighted by Crippen LogP contribution is -2.44. The van der Waals surface area contributed by atoms with Gasteiger partial charge < -0.3 is 15.4 Å². The van der Waals surface area contributed by atoms with Crippen LogP contribution in [-0.4, -0.2) is 63.4 Å². The fourth-order valence-electron chi connectivity index (χ4n) is 4.19. The van der Waals surface area contributed by atoms with Gasteiger partial charge in [-0.05, 0) is 50.7 Å². The molecule has 2 aliphatic rings. The Bertz CT molecular complexity index is 874. The molecule has 8 nitrogen and oxygen atoms in total. The molecule has 1 heterocycles. The first-order chi connectivity index (χ1) is 14.2. The molecule has 1 aromatic rings. The maximum absolute atomic E-state index is 13.2. The smallest absolute Gasteiger partial charge is 0.243 e. The summed E-state index contributed by atoms with van der Waals surface area (Å²) in [5.41, 5.74) is -0.475. The van der Waals surface area contributed by atoms with Gasteiger partial charge in [-0.1, -0.05) is 18.2 Å². The van der Waals surface area contributed by atoms with E-state index in [4.69, 9.17) is 4.74 Å². The number of nitrogens with zero attached hydrogens (tertiary/aromatic N) is 1. The summed E-state index contributed by atoms with van der Waals surface area (Å²) in [6, 6.07) is 7.30. The Kier molecular flexibility index (Phi) is 6.84. The normalized spacial score (nSPS) is 26.1. The molecule has 1 saturated carbocycles. The third kappa shape index (κ3) is 4.68. The van der Waals surface area contributed by atoms with Crippen molar-refractivity contribution in [1.29, 1.82) is 0 Å². The van der Waals surface area contributed by atoms with Gasteiger partial charge in [-0.25, -0.2) is 8.42 Å². The van der Waals surface area contributed by atoms with Crippen LogP contribution in [0.4, 0.5) is 0 Å². The molecule has 1 aromatic carbocycles. The van der Waals surface area contributed by atoms with Gasteiger partial charge in [-0.3, -0.25) is 9.59 Å². The second kappa shape index (κ2) is 9.03. The Morgan fingerprint density at radius 2 is 1.90 bits per heavy atom. The molecule has 0 aromatic heterocycles. The van der Waals surface area contributed by atoms with Gasteiger partial charge in [-0.15, -0.1) is 0 Å². The van der Waals surface area contributed by atoms with Crippen LogP contribution in [0.5, 0.6) is 0 Å². The zero-order chi connectivity index (χ0) is 21.9. The highest BCUT2D eigenvalue weighted by Crippen LogP contribution is 2.60. The highest BCUT2D eigenvalue weighted by atomic mass is 32.2. The van der Waals surface area contributed by atoms with Gasteiger partial charge in [0.05, 0.1) is 11.0 Å². The summed E-state index contributed by atoms with van der Waals surface area (Å²) in [6.45, 7) is 5.20. The minimum absolute atomic E-state index is 0.0748. The molecule has 2 fully saturated rings. The van der Waals surface area contributed by atoms with Crippen LogP contribution in [0.1, 0.15) is 33.1 Å². The van der Waals surface area contributed by atoms with E-state index in [9.17, 15) is 18.0 Å². The first-order valence-corrected chi connectivity index (χ1v) is 11.8. The zero-order valence-corrected chi connectivity index (χ0v) is 18.6. The van der Waals surface area contributed by atoms with E-state index >= 15 is 0 Å². The summed E-state index contributed by atoms with van der Waals surface area (Å²) < 4.78 is 33.1. The lowest BCUT2D eigenvalue weighted by atomic mass is 9.99. The lowest BCUT2D eigenvalue weighted by molar-refractivity contribution is -0.124. The Hall–Kier alpha value is -1.97. The van der Waals surface area contributed by atoms with Crippen molar-refractivity contribution in [2.75, 3.05) is 26.7 Å². The van der Waals surface area contributed by atoms with Crippen molar-refractivity contribution in [3.05, 3.63) is 30.3 Å². The number of ether oxygens (including phenoxy) is 1. The van der Waals surface area contributed by atoms with Gasteiger partial charge in [0.1, 0.15) is 6.04 Å². The van der Waals surface area contributed by atoms with E-state index < -0.39 is 21.5 Å². The fourth-order valence-corrected chi connectivity index (χ4v) is 5.89. The van der Waals surface area contributed by atoms with E-state index in [0.717, 1.165) is 6.42 Å². The number of amides is 2. The first-order valence-electron chi connectivity index (χ1n) is 10.4. The summed E-state index contributed by atoms with van der Waals surface area (Å²) in [7, 11) is -2.33. The summed E-state index contributed by atoms with van der Waals surface area (Å²) in [4.78, 5) is 25.2. The van der Waals surface area contributed by atoms with E-state index in [0.29, 0.717) is 26.0 Å². The van der Waals surface area contributed by atoms with Crippen LogP contribution in [0.2, 0.25) is 0 Å². The molecule has 166 valence electrons. The highest BCUT2D eigenvalue weighted by molar-refractivity contribution is 7.89. The number of rotatable bonds is 9. The zero-order valence-electron chi connectivity index (χ0n) is 17.8. The molecule has 1 aliphatic carbocycles. The minimum Gasteiger partial charge on any atom is -0.379 e. The molecule has 2 amide bonds. The maximum Gasteiger partial charge on any atom is 0.243 e. The molecule has 1 saturated heterocycles. The molecule has 0 radical (unpaired) electrons. The number of benzene rings is 1. The largest absolute Gasteiger partial charge is 0.379 e. The van der Waals surface area contributed by atoms with Crippen molar-refractivity contribution in [2.45, 2.75) is 50.2 Å². The summed E-state index contributed by atoms with van der Waals surface area (Å²) in [5.74, 6) is -0.691. The standard InChI is InChI=1S/C21H31N3O5S/c1-15(2)29-11-7-10-23-19(25)17-12-21(17)13-18(20(26)22-3)24(14-21)30(27,28)16-8-5-4-6-9-16/h4-6,8-9,15,17-18H,7,10-14H2,1-3H3,(H,22,26)(H,23,25)/t17-,18+,21+/m1/s1.